The molecule has 0 bridgehead atoms. The molecule has 1 aliphatic heterocycles. The van der Waals surface area contributed by atoms with Crippen molar-refractivity contribution in [3.05, 3.63) is 27.9 Å². The molecule has 1 N–H and O–H groups in total. The molecule has 16 heavy (non-hydrogen) atoms. The molecule has 0 amide bonds. The van der Waals surface area contributed by atoms with Crippen LogP contribution in [0.5, 0.6) is 0 Å². The van der Waals surface area contributed by atoms with E-state index < -0.39 is 0 Å². The second-order valence-electron chi connectivity index (χ2n) is 4.77. The van der Waals surface area contributed by atoms with Gasteiger partial charge < -0.3 is 5.32 Å². The number of aromatic nitrogens is 2. The lowest BCUT2D eigenvalue weighted by molar-refractivity contribution is 0.501. The standard InChI is InChI=1S/C12H19N3O/c1-9(2)7-15-8-14-11-4-6-13-5-3-10(11)12(15)16/h8-9,13H,3-7H2,1-2H3. The van der Waals surface area contributed by atoms with E-state index >= 15 is 0 Å². The van der Waals surface area contributed by atoms with Crippen LogP contribution in [-0.4, -0.2) is 22.6 Å². The lowest BCUT2D eigenvalue weighted by Crippen LogP contribution is -2.28. The van der Waals surface area contributed by atoms with E-state index in [1.54, 1.807) is 10.9 Å². The van der Waals surface area contributed by atoms with E-state index in [1.165, 1.54) is 0 Å². The summed E-state index contributed by atoms with van der Waals surface area (Å²) in [5.41, 5.74) is 2.05. The third-order valence-corrected chi connectivity index (χ3v) is 2.87. The number of hydrogen-bond donors (Lipinski definition) is 1. The first-order valence-electron chi connectivity index (χ1n) is 5.96. The second-order valence-corrected chi connectivity index (χ2v) is 4.77. The highest BCUT2D eigenvalue weighted by Gasteiger charge is 2.14. The minimum atomic E-state index is 0.155. The summed E-state index contributed by atoms with van der Waals surface area (Å²) in [5.74, 6) is 0.474. The third kappa shape index (κ3) is 2.32. The maximum Gasteiger partial charge on any atom is 0.256 e. The highest BCUT2D eigenvalue weighted by atomic mass is 16.1. The average Bonchev–Trinajstić information content (AvgIpc) is 2.47. The summed E-state index contributed by atoms with van der Waals surface area (Å²) in [4.78, 5) is 16.6. The highest BCUT2D eigenvalue weighted by Crippen LogP contribution is 2.05. The van der Waals surface area contributed by atoms with Crippen molar-refractivity contribution >= 4 is 0 Å². The minimum absolute atomic E-state index is 0.155. The summed E-state index contributed by atoms with van der Waals surface area (Å²) in [7, 11) is 0. The van der Waals surface area contributed by atoms with Crippen molar-refractivity contribution in [3.63, 3.8) is 0 Å². The Balaban J connectivity index is 2.38. The van der Waals surface area contributed by atoms with Crippen molar-refractivity contribution in [1.29, 1.82) is 0 Å². The first kappa shape index (κ1) is 11.3. The molecule has 1 aliphatic rings. The Morgan fingerprint density at radius 2 is 2.19 bits per heavy atom. The predicted molar refractivity (Wildman–Crippen MR) is 63.6 cm³/mol. The molecule has 0 aromatic carbocycles. The molecule has 0 atom stereocenters. The smallest absolute Gasteiger partial charge is 0.256 e. The number of hydrogen-bond acceptors (Lipinski definition) is 3. The SMILES string of the molecule is CC(C)Cn1cnc2c(c1=O)CCNCC2. The maximum atomic E-state index is 12.2. The normalized spacial score (nSPS) is 15.9. The van der Waals surface area contributed by atoms with E-state index in [1.807, 2.05) is 0 Å². The first-order chi connectivity index (χ1) is 7.68. The zero-order chi connectivity index (χ0) is 11.5. The van der Waals surface area contributed by atoms with Crippen LogP contribution in [-0.2, 0) is 19.4 Å². The Hall–Kier alpha value is -1.16. The monoisotopic (exact) mass is 221 g/mol. The molecule has 2 rings (SSSR count). The number of nitrogens with one attached hydrogen (secondary N) is 1. The van der Waals surface area contributed by atoms with Crippen molar-refractivity contribution in [2.24, 2.45) is 5.92 Å². The Labute approximate surface area is 95.7 Å². The number of rotatable bonds is 2. The van der Waals surface area contributed by atoms with Crippen molar-refractivity contribution < 1.29 is 0 Å². The van der Waals surface area contributed by atoms with Gasteiger partial charge in [0.1, 0.15) is 0 Å². The van der Waals surface area contributed by atoms with Crippen molar-refractivity contribution in [1.82, 2.24) is 14.9 Å². The van der Waals surface area contributed by atoms with Gasteiger partial charge in [0.2, 0.25) is 0 Å². The Bertz CT molecular complexity index is 423. The largest absolute Gasteiger partial charge is 0.316 e. The van der Waals surface area contributed by atoms with Gasteiger partial charge in [-0.2, -0.15) is 0 Å². The fourth-order valence-corrected chi connectivity index (χ4v) is 2.10. The molecule has 0 unspecified atom stereocenters. The molecule has 1 aromatic rings. The van der Waals surface area contributed by atoms with Gasteiger partial charge in [-0.3, -0.25) is 9.36 Å². The van der Waals surface area contributed by atoms with Crippen LogP contribution in [0.4, 0.5) is 0 Å². The first-order valence-corrected chi connectivity index (χ1v) is 5.96. The molecule has 88 valence electrons. The third-order valence-electron chi connectivity index (χ3n) is 2.87. The molecule has 0 aliphatic carbocycles. The van der Waals surface area contributed by atoms with Gasteiger partial charge in [0.05, 0.1) is 12.0 Å². The van der Waals surface area contributed by atoms with Gasteiger partial charge in [0.15, 0.2) is 0 Å². The average molecular weight is 221 g/mol. The highest BCUT2D eigenvalue weighted by molar-refractivity contribution is 5.19. The Morgan fingerprint density at radius 1 is 1.44 bits per heavy atom. The molecule has 0 fully saturated rings. The van der Waals surface area contributed by atoms with Gasteiger partial charge in [0.25, 0.3) is 5.56 Å². The zero-order valence-electron chi connectivity index (χ0n) is 9.99. The van der Waals surface area contributed by atoms with Crippen LogP contribution in [0.15, 0.2) is 11.1 Å². The molecule has 4 heteroatoms. The van der Waals surface area contributed by atoms with Gasteiger partial charge in [-0.05, 0) is 18.9 Å². The van der Waals surface area contributed by atoms with Crippen LogP contribution >= 0.6 is 0 Å². The lowest BCUT2D eigenvalue weighted by atomic mass is 10.1. The molecule has 4 nitrogen and oxygen atoms in total. The Kier molecular flexibility index (Phi) is 3.39. The van der Waals surface area contributed by atoms with Crippen LogP contribution in [0, 0.1) is 5.92 Å². The fraction of sp³-hybridized carbons (Fsp3) is 0.667. The van der Waals surface area contributed by atoms with Crippen LogP contribution in [0.2, 0.25) is 0 Å². The summed E-state index contributed by atoms with van der Waals surface area (Å²) in [6, 6.07) is 0. The summed E-state index contributed by atoms with van der Waals surface area (Å²) in [6.07, 6.45) is 3.37. The van der Waals surface area contributed by atoms with Gasteiger partial charge in [-0.25, -0.2) is 4.98 Å². The molecule has 0 spiro atoms. The van der Waals surface area contributed by atoms with E-state index in [0.29, 0.717) is 5.92 Å². The molecular formula is C12H19N3O. The zero-order valence-corrected chi connectivity index (χ0v) is 9.99. The summed E-state index contributed by atoms with van der Waals surface area (Å²) < 4.78 is 1.74. The van der Waals surface area contributed by atoms with Crippen LogP contribution < -0.4 is 10.9 Å². The Morgan fingerprint density at radius 3 is 2.94 bits per heavy atom. The summed E-state index contributed by atoms with van der Waals surface area (Å²) in [5, 5.41) is 3.29. The van der Waals surface area contributed by atoms with E-state index in [2.05, 4.69) is 24.1 Å². The van der Waals surface area contributed by atoms with Crippen LogP contribution in [0.3, 0.4) is 0 Å². The van der Waals surface area contributed by atoms with Crippen LogP contribution in [0.25, 0.3) is 0 Å². The molecule has 0 saturated heterocycles. The molecule has 0 radical (unpaired) electrons. The quantitative estimate of drug-likeness (QED) is 0.795. The van der Waals surface area contributed by atoms with Crippen molar-refractivity contribution in [2.45, 2.75) is 33.2 Å². The topological polar surface area (TPSA) is 46.9 Å². The minimum Gasteiger partial charge on any atom is -0.316 e. The number of fused-ring (bicyclic) bond motifs is 1. The molecule has 2 heterocycles. The van der Waals surface area contributed by atoms with Gasteiger partial charge in [-0.1, -0.05) is 13.8 Å². The van der Waals surface area contributed by atoms with E-state index in [-0.39, 0.29) is 5.56 Å². The summed E-state index contributed by atoms with van der Waals surface area (Å²) >= 11 is 0. The fourth-order valence-electron chi connectivity index (χ4n) is 2.10. The van der Waals surface area contributed by atoms with Gasteiger partial charge >= 0.3 is 0 Å². The van der Waals surface area contributed by atoms with E-state index in [0.717, 1.165) is 43.7 Å². The van der Waals surface area contributed by atoms with E-state index in [4.69, 9.17) is 0 Å². The van der Waals surface area contributed by atoms with Crippen LogP contribution in [0.1, 0.15) is 25.1 Å². The predicted octanol–water partition coefficient (Wildman–Crippen LogP) is 0.587. The second kappa shape index (κ2) is 4.78. The van der Waals surface area contributed by atoms with Crippen molar-refractivity contribution in [2.75, 3.05) is 13.1 Å². The molecular weight excluding hydrogens is 202 g/mol. The summed E-state index contributed by atoms with van der Waals surface area (Å²) in [6.45, 7) is 6.79. The molecule has 0 saturated carbocycles. The van der Waals surface area contributed by atoms with E-state index in [9.17, 15) is 4.79 Å². The van der Waals surface area contributed by atoms with Gasteiger partial charge in [0, 0.05) is 25.1 Å². The molecule has 1 aromatic heterocycles. The van der Waals surface area contributed by atoms with Gasteiger partial charge in [-0.15, -0.1) is 0 Å². The van der Waals surface area contributed by atoms with Crippen molar-refractivity contribution in [3.8, 4) is 0 Å². The number of nitrogens with zero attached hydrogens (tertiary/aromatic N) is 2. The lowest BCUT2D eigenvalue weighted by Gasteiger charge is -2.11. The maximum absolute atomic E-state index is 12.2.